The maximum atomic E-state index is 13.4. The summed E-state index contributed by atoms with van der Waals surface area (Å²) in [5.41, 5.74) is 5.56. The van der Waals surface area contributed by atoms with Gasteiger partial charge in [0.05, 0.1) is 0 Å². The van der Waals surface area contributed by atoms with E-state index in [0.717, 1.165) is 16.8 Å². The van der Waals surface area contributed by atoms with Gasteiger partial charge in [-0.05, 0) is 73.0 Å². The number of carbonyl (C=O) groups excluding carboxylic acids is 1. The summed E-state index contributed by atoms with van der Waals surface area (Å²) in [4.78, 5) is 21.3. The molecule has 154 valence electrons. The Morgan fingerprint density at radius 3 is 2.23 bits per heavy atom. The molecule has 1 amide bonds. The predicted molar refractivity (Wildman–Crippen MR) is 121 cm³/mol. The summed E-state index contributed by atoms with van der Waals surface area (Å²) in [7, 11) is 0. The molecule has 0 radical (unpaired) electrons. The molecule has 4 aromatic rings. The highest BCUT2D eigenvalue weighted by molar-refractivity contribution is 6.05. The molecule has 1 aromatic heterocycles. The number of aromatic nitrogens is 2. The summed E-state index contributed by atoms with van der Waals surface area (Å²) >= 11 is 0. The Labute approximate surface area is 180 Å². The minimum absolute atomic E-state index is 0.198. The van der Waals surface area contributed by atoms with Gasteiger partial charge in [0.2, 0.25) is 5.95 Å². The van der Waals surface area contributed by atoms with Crippen LogP contribution in [0, 0.1) is 19.7 Å². The standard InChI is InChI=1S/C25H21FN4O/c1-16-9-17(2)11-23(10-16)29-24(31)19-6-4-8-22(13-19)30-25-27-14-20(15-28-25)18-5-3-7-21(26)12-18/h3-15H,1-2H3,(H,29,31)(H,27,28,30). The molecule has 31 heavy (non-hydrogen) atoms. The van der Waals surface area contributed by atoms with Crippen molar-refractivity contribution in [2.24, 2.45) is 0 Å². The van der Waals surface area contributed by atoms with Gasteiger partial charge >= 0.3 is 0 Å². The second kappa shape index (κ2) is 8.75. The minimum Gasteiger partial charge on any atom is -0.324 e. The maximum Gasteiger partial charge on any atom is 0.255 e. The number of carbonyl (C=O) groups is 1. The van der Waals surface area contributed by atoms with Crippen LogP contribution < -0.4 is 10.6 Å². The van der Waals surface area contributed by atoms with E-state index >= 15 is 0 Å². The topological polar surface area (TPSA) is 66.9 Å². The molecule has 0 unspecified atom stereocenters. The summed E-state index contributed by atoms with van der Waals surface area (Å²) in [5, 5.41) is 6.03. The van der Waals surface area contributed by atoms with Crippen molar-refractivity contribution >= 4 is 23.2 Å². The Balaban J connectivity index is 1.47. The lowest BCUT2D eigenvalue weighted by Gasteiger charge is -2.10. The van der Waals surface area contributed by atoms with Gasteiger partial charge in [-0.1, -0.05) is 24.3 Å². The SMILES string of the molecule is Cc1cc(C)cc(NC(=O)c2cccc(Nc3ncc(-c4cccc(F)c4)cn3)c2)c1. The van der Waals surface area contributed by atoms with Gasteiger partial charge in [-0.15, -0.1) is 0 Å². The zero-order valence-electron chi connectivity index (χ0n) is 17.2. The molecule has 0 spiro atoms. The van der Waals surface area contributed by atoms with Gasteiger partial charge in [0.1, 0.15) is 5.82 Å². The number of amides is 1. The van der Waals surface area contributed by atoms with Crippen LogP contribution >= 0.6 is 0 Å². The number of nitrogens with one attached hydrogen (secondary N) is 2. The fourth-order valence-corrected chi connectivity index (χ4v) is 3.33. The van der Waals surface area contributed by atoms with Crippen LogP contribution in [-0.4, -0.2) is 15.9 Å². The third kappa shape index (κ3) is 5.11. The van der Waals surface area contributed by atoms with E-state index in [1.54, 1.807) is 42.7 Å². The summed E-state index contributed by atoms with van der Waals surface area (Å²) in [6.07, 6.45) is 3.25. The van der Waals surface area contributed by atoms with Crippen LogP contribution in [0.1, 0.15) is 21.5 Å². The van der Waals surface area contributed by atoms with Crippen LogP contribution in [0.15, 0.2) is 79.1 Å². The van der Waals surface area contributed by atoms with Gasteiger partial charge in [-0.25, -0.2) is 14.4 Å². The Morgan fingerprint density at radius 1 is 0.806 bits per heavy atom. The summed E-state index contributed by atoms with van der Waals surface area (Å²) in [6, 6.07) is 19.3. The van der Waals surface area contributed by atoms with Crippen molar-refractivity contribution in [3.63, 3.8) is 0 Å². The lowest BCUT2D eigenvalue weighted by molar-refractivity contribution is 0.102. The lowest BCUT2D eigenvalue weighted by atomic mass is 10.1. The average molecular weight is 412 g/mol. The number of nitrogens with zero attached hydrogens (tertiary/aromatic N) is 2. The van der Waals surface area contributed by atoms with E-state index in [4.69, 9.17) is 0 Å². The fourth-order valence-electron chi connectivity index (χ4n) is 3.33. The first-order valence-electron chi connectivity index (χ1n) is 9.81. The number of rotatable bonds is 5. The monoisotopic (exact) mass is 412 g/mol. The van der Waals surface area contributed by atoms with Crippen molar-refractivity contribution < 1.29 is 9.18 Å². The van der Waals surface area contributed by atoms with E-state index in [9.17, 15) is 9.18 Å². The quantitative estimate of drug-likeness (QED) is 0.429. The van der Waals surface area contributed by atoms with Crippen LogP contribution in [0.4, 0.5) is 21.7 Å². The fraction of sp³-hybridized carbons (Fsp3) is 0.0800. The van der Waals surface area contributed by atoms with Gasteiger partial charge in [0, 0.05) is 34.9 Å². The molecule has 0 aliphatic heterocycles. The van der Waals surface area contributed by atoms with E-state index in [2.05, 4.69) is 26.7 Å². The number of aryl methyl sites for hydroxylation is 2. The van der Waals surface area contributed by atoms with Crippen LogP contribution in [0.2, 0.25) is 0 Å². The van der Waals surface area contributed by atoms with Crippen LogP contribution in [0.5, 0.6) is 0 Å². The summed E-state index contributed by atoms with van der Waals surface area (Å²) < 4.78 is 13.4. The third-order valence-electron chi connectivity index (χ3n) is 4.67. The molecule has 0 bridgehead atoms. The highest BCUT2D eigenvalue weighted by atomic mass is 19.1. The Hall–Kier alpha value is -4.06. The van der Waals surface area contributed by atoms with Crippen molar-refractivity contribution in [1.29, 1.82) is 0 Å². The molecule has 4 rings (SSSR count). The normalized spacial score (nSPS) is 10.5. The summed E-state index contributed by atoms with van der Waals surface area (Å²) in [6.45, 7) is 3.99. The number of halogens is 1. The van der Waals surface area contributed by atoms with Crippen molar-refractivity contribution in [1.82, 2.24) is 9.97 Å². The summed E-state index contributed by atoms with van der Waals surface area (Å²) in [5.74, 6) is -0.126. The Morgan fingerprint density at radius 2 is 1.52 bits per heavy atom. The second-order valence-electron chi connectivity index (χ2n) is 7.34. The van der Waals surface area contributed by atoms with Crippen molar-refractivity contribution in [3.05, 3.63) is 102 Å². The highest BCUT2D eigenvalue weighted by Gasteiger charge is 2.09. The smallest absolute Gasteiger partial charge is 0.255 e. The largest absolute Gasteiger partial charge is 0.324 e. The minimum atomic E-state index is -0.310. The van der Waals surface area contributed by atoms with E-state index in [1.807, 2.05) is 32.0 Å². The molecule has 0 atom stereocenters. The molecule has 6 heteroatoms. The molecular weight excluding hydrogens is 391 g/mol. The van der Waals surface area contributed by atoms with Gasteiger partial charge in [0.25, 0.3) is 5.91 Å². The zero-order valence-corrected chi connectivity index (χ0v) is 17.2. The van der Waals surface area contributed by atoms with Gasteiger partial charge in [0.15, 0.2) is 0 Å². The molecule has 2 N–H and O–H groups in total. The number of benzene rings is 3. The molecule has 0 fully saturated rings. The van der Waals surface area contributed by atoms with Gasteiger partial charge in [-0.3, -0.25) is 4.79 Å². The average Bonchev–Trinajstić information content (AvgIpc) is 2.74. The molecular formula is C25H21FN4O. The van der Waals surface area contributed by atoms with E-state index in [1.165, 1.54) is 12.1 Å². The Bertz CT molecular complexity index is 1220. The molecule has 3 aromatic carbocycles. The maximum absolute atomic E-state index is 13.4. The van der Waals surface area contributed by atoms with Crippen LogP contribution in [-0.2, 0) is 0 Å². The Kier molecular flexibility index (Phi) is 5.71. The first-order chi connectivity index (χ1) is 15.0. The molecule has 0 aliphatic rings. The first kappa shape index (κ1) is 20.2. The van der Waals surface area contributed by atoms with E-state index in [0.29, 0.717) is 28.3 Å². The van der Waals surface area contributed by atoms with Crippen LogP contribution in [0.25, 0.3) is 11.1 Å². The lowest BCUT2D eigenvalue weighted by Crippen LogP contribution is -2.12. The molecule has 0 saturated carbocycles. The van der Waals surface area contributed by atoms with Gasteiger partial charge < -0.3 is 10.6 Å². The number of hydrogen-bond acceptors (Lipinski definition) is 4. The van der Waals surface area contributed by atoms with E-state index in [-0.39, 0.29) is 11.7 Å². The highest BCUT2D eigenvalue weighted by Crippen LogP contribution is 2.21. The first-order valence-corrected chi connectivity index (χ1v) is 9.81. The third-order valence-corrected chi connectivity index (χ3v) is 4.67. The predicted octanol–water partition coefficient (Wildman–Crippen LogP) is 5.90. The van der Waals surface area contributed by atoms with Gasteiger partial charge in [-0.2, -0.15) is 0 Å². The van der Waals surface area contributed by atoms with Crippen LogP contribution in [0.3, 0.4) is 0 Å². The number of anilines is 3. The molecule has 0 saturated heterocycles. The van der Waals surface area contributed by atoms with Crippen molar-refractivity contribution in [2.75, 3.05) is 10.6 Å². The molecule has 1 heterocycles. The number of hydrogen-bond donors (Lipinski definition) is 2. The zero-order chi connectivity index (χ0) is 21.8. The molecule has 5 nitrogen and oxygen atoms in total. The van der Waals surface area contributed by atoms with E-state index < -0.39 is 0 Å². The van der Waals surface area contributed by atoms with Crippen molar-refractivity contribution in [3.8, 4) is 11.1 Å². The second-order valence-corrected chi connectivity index (χ2v) is 7.34. The van der Waals surface area contributed by atoms with Crippen molar-refractivity contribution in [2.45, 2.75) is 13.8 Å². The molecule has 0 aliphatic carbocycles.